The predicted molar refractivity (Wildman–Crippen MR) is 84.1 cm³/mol. The molecular formula is C16H31N3O2. The van der Waals surface area contributed by atoms with Gasteiger partial charge in [0.2, 0.25) is 5.91 Å². The summed E-state index contributed by atoms with van der Waals surface area (Å²) in [6.45, 7) is 5.38. The van der Waals surface area contributed by atoms with Gasteiger partial charge in [0.05, 0.1) is 12.1 Å². The molecule has 0 aromatic heterocycles. The van der Waals surface area contributed by atoms with Crippen molar-refractivity contribution in [3.05, 3.63) is 0 Å². The van der Waals surface area contributed by atoms with E-state index in [4.69, 9.17) is 10.5 Å². The highest BCUT2D eigenvalue weighted by Gasteiger charge is 2.28. The van der Waals surface area contributed by atoms with Crippen LogP contribution in [0.3, 0.4) is 0 Å². The second-order valence-electron chi connectivity index (χ2n) is 6.41. The van der Waals surface area contributed by atoms with Crippen LogP contribution in [-0.2, 0) is 9.53 Å². The molecule has 1 aliphatic carbocycles. The number of ether oxygens (including phenoxy) is 1. The molecule has 1 amide bonds. The van der Waals surface area contributed by atoms with Crippen LogP contribution in [0.1, 0.15) is 51.9 Å². The molecular weight excluding hydrogens is 266 g/mol. The number of amides is 1. The number of nitrogens with one attached hydrogen (secondary N) is 1. The number of rotatable bonds is 7. The minimum Gasteiger partial charge on any atom is -0.378 e. The second kappa shape index (κ2) is 8.71. The fourth-order valence-corrected chi connectivity index (χ4v) is 3.32. The van der Waals surface area contributed by atoms with Crippen LogP contribution in [0.2, 0.25) is 0 Å². The minimum absolute atomic E-state index is 0.0180. The summed E-state index contributed by atoms with van der Waals surface area (Å²) in [5, 5.41) is 3.20. The van der Waals surface area contributed by atoms with Crippen LogP contribution in [0.5, 0.6) is 0 Å². The van der Waals surface area contributed by atoms with Gasteiger partial charge in [0, 0.05) is 25.7 Å². The van der Waals surface area contributed by atoms with Crippen LogP contribution in [-0.4, -0.2) is 55.2 Å². The quantitative estimate of drug-likeness (QED) is 0.694. The molecule has 1 saturated carbocycles. The molecule has 0 aromatic rings. The Labute approximate surface area is 128 Å². The Balaban J connectivity index is 1.67. The Bertz CT molecular complexity index is 311. The Morgan fingerprint density at radius 3 is 2.57 bits per heavy atom. The SMILES string of the molecule is CC(C(=O)NC1CCCC1)N1CCC(OCCCN)CC1. The lowest BCUT2D eigenvalue weighted by molar-refractivity contribution is -0.127. The summed E-state index contributed by atoms with van der Waals surface area (Å²) in [7, 11) is 0. The molecule has 0 radical (unpaired) electrons. The smallest absolute Gasteiger partial charge is 0.237 e. The van der Waals surface area contributed by atoms with Gasteiger partial charge < -0.3 is 15.8 Å². The van der Waals surface area contributed by atoms with Crippen LogP contribution in [0.15, 0.2) is 0 Å². The lowest BCUT2D eigenvalue weighted by Gasteiger charge is -2.35. The van der Waals surface area contributed by atoms with E-state index in [1.165, 1.54) is 12.8 Å². The third-order valence-corrected chi connectivity index (χ3v) is 4.81. The number of carbonyl (C=O) groups excluding carboxylic acids is 1. The van der Waals surface area contributed by atoms with E-state index in [-0.39, 0.29) is 11.9 Å². The number of likely N-dealkylation sites (tertiary alicyclic amines) is 1. The molecule has 2 aliphatic rings. The fourth-order valence-electron chi connectivity index (χ4n) is 3.32. The van der Waals surface area contributed by atoms with E-state index in [9.17, 15) is 4.79 Å². The lowest BCUT2D eigenvalue weighted by Crippen LogP contribution is -2.51. The standard InChI is InChI=1S/C16H31N3O2/c1-13(16(20)18-14-5-2-3-6-14)19-10-7-15(8-11-19)21-12-4-9-17/h13-15H,2-12,17H2,1H3,(H,18,20). The number of hydrogen-bond donors (Lipinski definition) is 2. The third-order valence-electron chi connectivity index (χ3n) is 4.81. The zero-order chi connectivity index (χ0) is 15.1. The number of hydrogen-bond acceptors (Lipinski definition) is 4. The van der Waals surface area contributed by atoms with Crippen LogP contribution in [0.4, 0.5) is 0 Å². The zero-order valence-electron chi connectivity index (χ0n) is 13.4. The van der Waals surface area contributed by atoms with E-state index in [2.05, 4.69) is 10.2 Å². The average molecular weight is 297 g/mol. The van der Waals surface area contributed by atoms with Crippen molar-refractivity contribution in [1.29, 1.82) is 0 Å². The van der Waals surface area contributed by atoms with Crippen molar-refractivity contribution in [1.82, 2.24) is 10.2 Å². The van der Waals surface area contributed by atoms with Crippen molar-refractivity contribution in [3.8, 4) is 0 Å². The van der Waals surface area contributed by atoms with Crippen molar-refractivity contribution in [2.45, 2.75) is 70.1 Å². The third kappa shape index (κ3) is 5.24. The summed E-state index contributed by atoms with van der Waals surface area (Å²) < 4.78 is 5.81. The minimum atomic E-state index is -0.0180. The summed E-state index contributed by atoms with van der Waals surface area (Å²) >= 11 is 0. The molecule has 1 aliphatic heterocycles. The molecule has 2 rings (SSSR count). The van der Waals surface area contributed by atoms with Crippen molar-refractivity contribution >= 4 is 5.91 Å². The maximum Gasteiger partial charge on any atom is 0.237 e. The van der Waals surface area contributed by atoms with Crippen molar-refractivity contribution in [3.63, 3.8) is 0 Å². The first-order valence-electron chi connectivity index (χ1n) is 8.57. The number of nitrogens with zero attached hydrogens (tertiary/aromatic N) is 1. The summed E-state index contributed by atoms with van der Waals surface area (Å²) in [4.78, 5) is 14.6. The topological polar surface area (TPSA) is 67.6 Å². The summed E-state index contributed by atoms with van der Waals surface area (Å²) in [6.07, 6.45) is 8.12. The van der Waals surface area contributed by atoms with E-state index in [0.29, 0.717) is 18.7 Å². The van der Waals surface area contributed by atoms with Gasteiger partial charge in [-0.15, -0.1) is 0 Å². The fraction of sp³-hybridized carbons (Fsp3) is 0.938. The number of nitrogens with two attached hydrogens (primary N) is 1. The molecule has 0 bridgehead atoms. The monoisotopic (exact) mass is 297 g/mol. The zero-order valence-corrected chi connectivity index (χ0v) is 13.4. The predicted octanol–water partition coefficient (Wildman–Crippen LogP) is 1.26. The molecule has 3 N–H and O–H groups in total. The molecule has 1 saturated heterocycles. The molecule has 122 valence electrons. The molecule has 2 fully saturated rings. The number of carbonyl (C=O) groups is 1. The second-order valence-corrected chi connectivity index (χ2v) is 6.41. The average Bonchev–Trinajstić information content (AvgIpc) is 3.00. The van der Waals surface area contributed by atoms with Gasteiger partial charge in [0.1, 0.15) is 0 Å². The normalized spacial score (nSPS) is 23.3. The highest BCUT2D eigenvalue weighted by atomic mass is 16.5. The maximum atomic E-state index is 12.3. The molecule has 1 unspecified atom stereocenters. The lowest BCUT2D eigenvalue weighted by atomic mass is 10.1. The van der Waals surface area contributed by atoms with Crippen LogP contribution >= 0.6 is 0 Å². The molecule has 1 atom stereocenters. The highest BCUT2D eigenvalue weighted by Crippen LogP contribution is 2.19. The van der Waals surface area contributed by atoms with Crippen molar-refractivity contribution in [2.75, 3.05) is 26.2 Å². The molecule has 21 heavy (non-hydrogen) atoms. The maximum absolute atomic E-state index is 12.3. The Kier molecular flexibility index (Phi) is 6.93. The van der Waals surface area contributed by atoms with Gasteiger partial charge in [0.15, 0.2) is 0 Å². The molecule has 5 heteroatoms. The Morgan fingerprint density at radius 2 is 1.95 bits per heavy atom. The summed E-state index contributed by atoms with van der Waals surface area (Å²) in [5.74, 6) is 0.199. The molecule has 0 spiro atoms. The first kappa shape index (κ1) is 16.7. The Hall–Kier alpha value is -0.650. The van der Waals surface area contributed by atoms with Gasteiger partial charge in [-0.05, 0) is 45.6 Å². The van der Waals surface area contributed by atoms with Crippen LogP contribution < -0.4 is 11.1 Å². The molecule has 0 aromatic carbocycles. The van der Waals surface area contributed by atoms with Gasteiger partial charge in [-0.2, -0.15) is 0 Å². The van der Waals surface area contributed by atoms with Crippen molar-refractivity contribution < 1.29 is 9.53 Å². The van der Waals surface area contributed by atoms with Gasteiger partial charge in [-0.25, -0.2) is 0 Å². The van der Waals surface area contributed by atoms with Gasteiger partial charge >= 0.3 is 0 Å². The largest absolute Gasteiger partial charge is 0.378 e. The highest BCUT2D eigenvalue weighted by molar-refractivity contribution is 5.81. The van der Waals surface area contributed by atoms with E-state index in [0.717, 1.165) is 51.8 Å². The molecule has 1 heterocycles. The molecule has 5 nitrogen and oxygen atoms in total. The van der Waals surface area contributed by atoms with Crippen LogP contribution in [0.25, 0.3) is 0 Å². The van der Waals surface area contributed by atoms with Gasteiger partial charge in [-0.1, -0.05) is 12.8 Å². The first-order valence-corrected chi connectivity index (χ1v) is 8.57. The van der Waals surface area contributed by atoms with E-state index in [1.54, 1.807) is 0 Å². The van der Waals surface area contributed by atoms with Crippen LogP contribution in [0, 0.1) is 0 Å². The van der Waals surface area contributed by atoms with Gasteiger partial charge in [-0.3, -0.25) is 9.69 Å². The number of piperidine rings is 1. The first-order chi connectivity index (χ1) is 10.2. The summed E-state index contributed by atoms with van der Waals surface area (Å²) in [5.41, 5.74) is 5.47. The van der Waals surface area contributed by atoms with E-state index < -0.39 is 0 Å². The Morgan fingerprint density at radius 1 is 1.29 bits per heavy atom. The van der Waals surface area contributed by atoms with E-state index in [1.807, 2.05) is 6.92 Å². The van der Waals surface area contributed by atoms with Crippen molar-refractivity contribution in [2.24, 2.45) is 5.73 Å². The van der Waals surface area contributed by atoms with E-state index >= 15 is 0 Å². The summed E-state index contributed by atoms with van der Waals surface area (Å²) in [6, 6.07) is 0.396. The van der Waals surface area contributed by atoms with Gasteiger partial charge in [0.25, 0.3) is 0 Å².